The maximum atomic E-state index is 12.6. The number of benzene rings is 1. The fourth-order valence-electron chi connectivity index (χ4n) is 3.06. The average molecular weight is 384 g/mol. The van der Waals surface area contributed by atoms with Gasteiger partial charge in [-0.05, 0) is 68.6 Å². The smallest absolute Gasteiger partial charge is 0.267 e. The summed E-state index contributed by atoms with van der Waals surface area (Å²) in [7, 11) is 0. The summed E-state index contributed by atoms with van der Waals surface area (Å²) in [5.74, 6) is -0.542. The first-order chi connectivity index (χ1) is 13.2. The standard InChI is InChI=1S/C21H25N3O2S/c25-20(17-8-2-1-3-9-17)23-19(16-18-10-6-15-27-18)21(26)22-11-7-14-24-12-4-5-13-24/h1-3,6,8-10,15-16H,4-5,7,11-14H2,(H,22,26)(H,23,25)/b19-16-. The molecule has 1 saturated heterocycles. The lowest BCUT2D eigenvalue weighted by atomic mass is 10.2. The Morgan fingerprint density at radius 2 is 1.85 bits per heavy atom. The molecule has 5 nitrogen and oxygen atoms in total. The van der Waals surface area contributed by atoms with Crippen molar-refractivity contribution >= 4 is 29.2 Å². The summed E-state index contributed by atoms with van der Waals surface area (Å²) >= 11 is 1.52. The highest BCUT2D eigenvalue weighted by molar-refractivity contribution is 7.10. The lowest BCUT2D eigenvalue weighted by molar-refractivity contribution is -0.117. The molecule has 2 N–H and O–H groups in total. The molecule has 0 spiro atoms. The third kappa shape index (κ3) is 6.05. The van der Waals surface area contributed by atoms with Crippen LogP contribution in [0, 0.1) is 0 Å². The van der Waals surface area contributed by atoms with Gasteiger partial charge in [0.05, 0.1) is 0 Å². The van der Waals surface area contributed by atoms with Crippen LogP contribution in [0.5, 0.6) is 0 Å². The van der Waals surface area contributed by atoms with Gasteiger partial charge in [-0.15, -0.1) is 11.3 Å². The van der Waals surface area contributed by atoms with Crippen LogP contribution >= 0.6 is 11.3 Å². The quantitative estimate of drug-likeness (QED) is 0.544. The average Bonchev–Trinajstić information content (AvgIpc) is 3.39. The minimum atomic E-state index is -0.286. The van der Waals surface area contributed by atoms with E-state index in [9.17, 15) is 9.59 Å². The van der Waals surface area contributed by atoms with Gasteiger partial charge in [0, 0.05) is 17.0 Å². The van der Waals surface area contributed by atoms with Crippen LogP contribution in [0.25, 0.3) is 6.08 Å². The Hall–Kier alpha value is -2.44. The predicted molar refractivity (Wildman–Crippen MR) is 110 cm³/mol. The molecule has 1 aliphatic rings. The summed E-state index contributed by atoms with van der Waals surface area (Å²) < 4.78 is 0. The molecule has 1 aliphatic heterocycles. The van der Waals surface area contributed by atoms with Crippen LogP contribution in [-0.2, 0) is 4.79 Å². The molecule has 27 heavy (non-hydrogen) atoms. The van der Waals surface area contributed by atoms with Crippen LogP contribution in [0.2, 0.25) is 0 Å². The Morgan fingerprint density at radius 1 is 1.07 bits per heavy atom. The molecule has 1 fully saturated rings. The van der Waals surface area contributed by atoms with Crippen molar-refractivity contribution in [3.8, 4) is 0 Å². The van der Waals surface area contributed by atoms with E-state index in [2.05, 4.69) is 15.5 Å². The highest BCUT2D eigenvalue weighted by Gasteiger charge is 2.15. The van der Waals surface area contributed by atoms with E-state index in [0.29, 0.717) is 12.1 Å². The van der Waals surface area contributed by atoms with Crippen molar-refractivity contribution < 1.29 is 9.59 Å². The summed E-state index contributed by atoms with van der Waals surface area (Å²) in [5, 5.41) is 7.63. The van der Waals surface area contributed by atoms with Crippen LogP contribution in [0.4, 0.5) is 0 Å². The molecule has 2 amide bonds. The molecule has 0 radical (unpaired) electrons. The predicted octanol–water partition coefficient (Wildman–Crippen LogP) is 3.12. The van der Waals surface area contributed by atoms with Crippen molar-refractivity contribution in [2.24, 2.45) is 0 Å². The molecule has 3 rings (SSSR count). The van der Waals surface area contributed by atoms with E-state index in [4.69, 9.17) is 0 Å². The minimum Gasteiger partial charge on any atom is -0.351 e. The maximum absolute atomic E-state index is 12.6. The van der Waals surface area contributed by atoms with Crippen molar-refractivity contribution in [3.63, 3.8) is 0 Å². The monoisotopic (exact) mass is 383 g/mol. The second-order valence-electron chi connectivity index (χ2n) is 6.55. The minimum absolute atomic E-state index is 0.255. The molecule has 1 aromatic carbocycles. The first kappa shape index (κ1) is 19.3. The number of hydrogen-bond donors (Lipinski definition) is 2. The molecule has 2 heterocycles. The van der Waals surface area contributed by atoms with Crippen molar-refractivity contribution in [1.29, 1.82) is 0 Å². The third-order valence-corrected chi connectivity index (χ3v) is 5.31. The highest BCUT2D eigenvalue weighted by Crippen LogP contribution is 2.13. The van der Waals surface area contributed by atoms with Gasteiger partial charge in [0.1, 0.15) is 5.70 Å². The van der Waals surface area contributed by atoms with E-state index < -0.39 is 0 Å². The summed E-state index contributed by atoms with van der Waals surface area (Å²) in [6.07, 6.45) is 5.17. The molecule has 0 saturated carbocycles. The Balaban J connectivity index is 1.59. The Morgan fingerprint density at radius 3 is 2.56 bits per heavy atom. The highest BCUT2D eigenvalue weighted by atomic mass is 32.1. The number of carbonyl (C=O) groups excluding carboxylic acids is 2. The molecular weight excluding hydrogens is 358 g/mol. The lowest BCUT2D eigenvalue weighted by Gasteiger charge is -2.15. The molecular formula is C21H25N3O2S. The van der Waals surface area contributed by atoms with E-state index in [0.717, 1.165) is 30.9 Å². The van der Waals surface area contributed by atoms with Gasteiger partial charge < -0.3 is 15.5 Å². The molecule has 1 aromatic heterocycles. The molecule has 142 valence electrons. The number of nitrogens with zero attached hydrogens (tertiary/aromatic N) is 1. The van der Waals surface area contributed by atoms with Gasteiger partial charge in [-0.2, -0.15) is 0 Å². The van der Waals surface area contributed by atoms with Gasteiger partial charge in [-0.25, -0.2) is 0 Å². The maximum Gasteiger partial charge on any atom is 0.267 e. The Bertz CT molecular complexity index is 766. The van der Waals surface area contributed by atoms with E-state index in [1.807, 2.05) is 23.6 Å². The van der Waals surface area contributed by atoms with Gasteiger partial charge in [-0.1, -0.05) is 24.3 Å². The lowest BCUT2D eigenvalue weighted by Crippen LogP contribution is -2.36. The molecule has 0 atom stereocenters. The number of hydrogen-bond acceptors (Lipinski definition) is 4. The largest absolute Gasteiger partial charge is 0.351 e. The van der Waals surface area contributed by atoms with Crippen molar-refractivity contribution in [1.82, 2.24) is 15.5 Å². The van der Waals surface area contributed by atoms with Crippen molar-refractivity contribution in [3.05, 3.63) is 64.0 Å². The van der Waals surface area contributed by atoms with Gasteiger partial charge in [0.25, 0.3) is 11.8 Å². The van der Waals surface area contributed by atoms with Crippen molar-refractivity contribution in [2.75, 3.05) is 26.2 Å². The summed E-state index contributed by atoms with van der Waals surface area (Å²) in [6, 6.07) is 12.7. The van der Waals surface area contributed by atoms with Crippen molar-refractivity contribution in [2.45, 2.75) is 19.3 Å². The number of likely N-dealkylation sites (tertiary alicyclic amines) is 1. The zero-order chi connectivity index (χ0) is 18.9. The Kier molecular flexibility index (Phi) is 7.19. The van der Waals surface area contributed by atoms with Crippen LogP contribution in [0.15, 0.2) is 53.5 Å². The van der Waals surface area contributed by atoms with E-state index in [-0.39, 0.29) is 17.5 Å². The summed E-state index contributed by atoms with van der Waals surface area (Å²) in [5.41, 5.74) is 0.795. The first-order valence-electron chi connectivity index (χ1n) is 9.34. The topological polar surface area (TPSA) is 61.4 Å². The van der Waals surface area contributed by atoms with E-state index >= 15 is 0 Å². The number of amides is 2. The number of rotatable bonds is 8. The fourth-order valence-corrected chi connectivity index (χ4v) is 3.72. The van der Waals surface area contributed by atoms with Gasteiger partial charge in [0.15, 0.2) is 0 Å². The number of carbonyl (C=O) groups is 2. The van der Waals surface area contributed by atoms with Crippen LogP contribution in [0.1, 0.15) is 34.5 Å². The zero-order valence-electron chi connectivity index (χ0n) is 15.3. The van der Waals surface area contributed by atoms with Gasteiger partial charge in [-0.3, -0.25) is 9.59 Å². The van der Waals surface area contributed by atoms with Crippen LogP contribution < -0.4 is 10.6 Å². The fraction of sp³-hybridized carbons (Fsp3) is 0.333. The second kappa shape index (κ2) is 10.0. The zero-order valence-corrected chi connectivity index (χ0v) is 16.1. The van der Waals surface area contributed by atoms with Crippen LogP contribution in [-0.4, -0.2) is 42.9 Å². The normalized spacial score (nSPS) is 14.9. The molecule has 0 aliphatic carbocycles. The number of nitrogens with one attached hydrogen (secondary N) is 2. The SMILES string of the molecule is O=C(NCCCN1CCCC1)/C(=C/c1cccs1)NC(=O)c1ccccc1. The Labute approximate surface area is 164 Å². The second-order valence-corrected chi connectivity index (χ2v) is 7.53. The molecule has 0 bridgehead atoms. The number of thiophene rings is 1. The van der Waals surface area contributed by atoms with Gasteiger partial charge in [0.2, 0.25) is 0 Å². The van der Waals surface area contributed by atoms with Crippen LogP contribution in [0.3, 0.4) is 0 Å². The molecule has 6 heteroatoms. The molecule has 0 unspecified atom stereocenters. The van der Waals surface area contributed by atoms with E-state index in [1.165, 1.54) is 24.2 Å². The summed E-state index contributed by atoms with van der Waals surface area (Å²) in [6.45, 7) is 3.91. The summed E-state index contributed by atoms with van der Waals surface area (Å²) in [4.78, 5) is 28.4. The third-order valence-electron chi connectivity index (χ3n) is 4.49. The van der Waals surface area contributed by atoms with E-state index in [1.54, 1.807) is 30.3 Å². The molecule has 2 aromatic rings. The van der Waals surface area contributed by atoms with Gasteiger partial charge >= 0.3 is 0 Å². The first-order valence-corrected chi connectivity index (χ1v) is 10.2.